The van der Waals surface area contributed by atoms with Crippen molar-refractivity contribution in [2.45, 2.75) is 45.6 Å². The molecule has 8 heteroatoms. The minimum atomic E-state index is -3.26. The van der Waals surface area contributed by atoms with Crippen LogP contribution in [0.4, 0.5) is 0 Å². The van der Waals surface area contributed by atoms with Crippen molar-refractivity contribution < 1.29 is 17.7 Å². The van der Waals surface area contributed by atoms with Gasteiger partial charge in [0.1, 0.15) is 5.76 Å². The van der Waals surface area contributed by atoms with Crippen molar-refractivity contribution in [3.63, 3.8) is 0 Å². The lowest BCUT2D eigenvalue weighted by molar-refractivity contribution is 0.0915. The van der Waals surface area contributed by atoms with Gasteiger partial charge in [0, 0.05) is 31.1 Å². The van der Waals surface area contributed by atoms with Crippen LogP contribution in [0.1, 0.15) is 48.5 Å². The molecule has 1 N–H and O–H groups in total. The molecule has 1 fully saturated rings. The number of aromatic nitrogens is 1. The fraction of sp³-hybridized carbons (Fsp3) is 0.750. The van der Waals surface area contributed by atoms with Crippen LogP contribution in [-0.2, 0) is 22.9 Å². The second kappa shape index (κ2) is 6.48. The van der Waals surface area contributed by atoms with E-state index in [1.54, 1.807) is 0 Å². The number of carbonyl (C=O) groups is 1. The molecule has 2 unspecified atom stereocenters. The van der Waals surface area contributed by atoms with Crippen molar-refractivity contribution in [1.29, 1.82) is 0 Å². The summed E-state index contributed by atoms with van der Waals surface area (Å²) in [5.74, 6) is 0.920. The Balaban J connectivity index is 1.76. The molecule has 0 bridgehead atoms. The van der Waals surface area contributed by atoms with Crippen LogP contribution in [-0.4, -0.2) is 49.2 Å². The van der Waals surface area contributed by atoms with Gasteiger partial charge in [-0.05, 0) is 31.1 Å². The molecule has 1 aliphatic carbocycles. The summed E-state index contributed by atoms with van der Waals surface area (Å²) in [6.45, 7) is 4.85. The molecule has 1 amide bonds. The summed E-state index contributed by atoms with van der Waals surface area (Å²) >= 11 is 0. The topological polar surface area (TPSA) is 92.5 Å². The number of aryl methyl sites for hydroxylation is 1. The van der Waals surface area contributed by atoms with Crippen molar-refractivity contribution in [3.05, 3.63) is 17.0 Å². The summed E-state index contributed by atoms with van der Waals surface area (Å²) in [7, 11) is -3.26. The van der Waals surface area contributed by atoms with Gasteiger partial charge in [-0.25, -0.2) is 8.42 Å². The molecule has 134 valence electrons. The molecule has 0 aromatic carbocycles. The minimum Gasteiger partial charge on any atom is -0.360 e. The summed E-state index contributed by atoms with van der Waals surface area (Å²) in [6.07, 6.45) is 4.95. The van der Waals surface area contributed by atoms with Crippen LogP contribution in [0, 0.1) is 11.8 Å². The third kappa shape index (κ3) is 3.35. The SMILES string of the molecule is CC(C)C1CN(S(C)(=O)=O)CC1NC(=O)c1noc2c1CCCC2. The van der Waals surface area contributed by atoms with Crippen LogP contribution in [0.15, 0.2) is 4.52 Å². The highest BCUT2D eigenvalue weighted by atomic mass is 32.2. The van der Waals surface area contributed by atoms with Gasteiger partial charge in [-0.3, -0.25) is 4.79 Å². The molecule has 1 aromatic rings. The fourth-order valence-corrected chi connectivity index (χ4v) is 4.56. The van der Waals surface area contributed by atoms with Gasteiger partial charge in [0.2, 0.25) is 10.0 Å². The molecular weight excluding hydrogens is 330 g/mol. The van der Waals surface area contributed by atoms with Crippen LogP contribution in [0.3, 0.4) is 0 Å². The first-order valence-electron chi connectivity index (χ1n) is 8.50. The maximum atomic E-state index is 12.7. The van der Waals surface area contributed by atoms with Gasteiger partial charge in [0.15, 0.2) is 5.69 Å². The van der Waals surface area contributed by atoms with Crippen LogP contribution in [0.25, 0.3) is 0 Å². The predicted octanol–water partition coefficient (Wildman–Crippen LogP) is 1.20. The Morgan fingerprint density at radius 1 is 1.29 bits per heavy atom. The van der Waals surface area contributed by atoms with E-state index in [0.29, 0.717) is 18.8 Å². The Labute approximate surface area is 142 Å². The number of fused-ring (bicyclic) bond motifs is 1. The van der Waals surface area contributed by atoms with E-state index in [9.17, 15) is 13.2 Å². The first-order valence-corrected chi connectivity index (χ1v) is 10.4. The standard InChI is InChI=1S/C16H25N3O4S/c1-10(2)12-8-19(24(3,21)22)9-13(12)17-16(20)15-11-6-4-5-7-14(11)23-18-15/h10,12-13H,4-9H2,1-3H3,(H,17,20). The van der Waals surface area contributed by atoms with Crippen LogP contribution >= 0.6 is 0 Å². The van der Waals surface area contributed by atoms with Crippen LogP contribution in [0.5, 0.6) is 0 Å². The Hall–Kier alpha value is -1.41. The second-order valence-corrected chi connectivity index (χ2v) is 9.19. The van der Waals surface area contributed by atoms with Gasteiger partial charge < -0.3 is 9.84 Å². The molecule has 2 aliphatic rings. The largest absolute Gasteiger partial charge is 0.360 e. The van der Waals surface area contributed by atoms with Gasteiger partial charge in [0.25, 0.3) is 5.91 Å². The molecule has 1 saturated heterocycles. The van der Waals surface area contributed by atoms with Gasteiger partial charge in [-0.2, -0.15) is 4.31 Å². The lowest BCUT2D eigenvalue weighted by Gasteiger charge is -2.22. The quantitative estimate of drug-likeness (QED) is 0.876. The molecule has 2 heterocycles. The average molecular weight is 355 g/mol. The molecule has 24 heavy (non-hydrogen) atoms. The molecule has 3 rings (SSSR count). The highest BCUT2D eigenvalue weighted by molar-refractivity contribution is 7.88. The van der Waals surface area contributed by atoms with E-state index in [0.717, 1.165) is 37.0 Å². The zero-order valence-corrected chi connectivity index (χ0v) is 15.2. The van der Waals surface area contributed by atoms with E-state index in [1.165, 1.54) is 10.6 Å². The van der Waals surface area contributed by atoms with Gasteiger partial charge in [-0.1, -0.05) is 19.0 Å². The first-order chi connectivity index (χ1) is 11.3. The summed E-state index contributed by atoms with van der Waals surface area (Å²) < 4.78 is 30.4. The second-order valence-electron chi connectivity index (χ2n) is 7.21. The van der Waals surface area contributed by atoms with Crippen molar-refractivity contribution in [2.75, 3.05) is 19.3 Å². The predicted molar refractivity (Wildman–Crippen MR) is 89.1 cm³/mol. The minimum absolute atomic E-state index is 0.0893. The number of hydrogen-bond donors (Lipinski definition) is 1. The van der Waals surface area contributed by atoms with Crippen molar-refractivity contribution >= 4 is 15.9 Å². The van der Waals surface area contributed by atoms with Crippen molar-refractivity contribution in [3.8, 4) is 0 Å². The Bertz CT molecular complexity index is 726. The Morgan fingerprint density at radius 3 is 2.67 bits per heavy atom. The average Bonchev–Trinajstić information content (AvgIpc) is 3.10. The van der Waals surface area contributed by atoms with Crippen molar-refractivity contribution in [1.82, 2.24) is 14.8 Å². The summed E-state index contributed by atoms with van der Waals surface area (Å²) in [6, 6.07) is -0.205. The number of amides is 1. The maximum Gasteiger partial charge on any atom is 0.274 e. The van der Waals surface area contributed by atoms with E-state index < -0.39 is 10.0 Å². The summed E-state index contributed by atoms with van der Waals surface area (Å²) in [4.78, 5) is 12.7. The molecule has 0 spiro atoms. The molecular formula is C16H25N3O4S. The zero-order chi connectivity index (χ0) is 17.5. The van der Waals surface area contributed by atoms with Gasteiger partial charge >= 0.3 is 0 Å². The fourth-order valence-electron chi connectivity index (χ4n) is 3.69. The Morgan fingerprint density at radius 2 is 2.00 bits per heavy atom. The van der Waals surface area contributed by atoms with Gasteiger partial charge in [0.05, 0.1) is 6.26 Å². The number of rotatable bonds is 4. The smallest absolute Gasteiger partial charge is 0.274 e. The van der Waals surface area contributed by atoms with E-state index in [4.69, 9.17) is 4.52 Å². The lowest BCUT2D eigenvalue weighted by Crippen LogP contribution is -2.42. The third-order valence-corrected chi connectivity index (χ3v) is 6.37. The molecule has 2 atom stereocenters. The van der Waals surface area contributed by atoms with Crippen molar-refractivity contribution in [2.24, 2.45) is 11.8 Å². The maximum absolute atomic E-state index is 12.7. The zero-order valence-electron chi connectivity index (χ0n) is 14.4. The lowest BCUT2D eigenvalue weighted by atomic mass is 9.91. The number of carbonyl (C=O) groups excluding carboxylic acids is 1. The first kappa shape index (κ1) is 17.4. The third-order valence-electron chi connectivity index (χ3n) is 5.14. The highest BCUT2D eigenvalue weighted by Gasteiger charge is 2.40. The number of hydrogen-bond acceptors (Lipinski definition) is 5. The molecule has 7 nitrogen and oxygen atoms in total. The van der Waals surface area contributed by atoms with E-state index >= 15 is 0 Å². The number of sulfonamides is 1. The molecule has 0 radical (unpaired) electrons. The summed E-state index contributed by atoms with van der Waals surface area (Å²) in [5.41, 5.74) is 1.28. The number of nitrogens with one attached hydrogen (secondary N) is 1. The van der Waals surface area contributed by atoms with Crippen LogP contribution in [0.2, 0.25) is 0 Å². The van der Waals surface area contributed by atoms with Crippen LogP contribution < -0.4 is 5.32 Å². The molecule has 1 aromatic heterocycles. The highest BCUT2D eigenvalue weighted by Crippen LogP contribution is 2.28. The monoisotopic (exact) mass is 355 g/mol. The van der Waals surface area contributed by atoms with Gasteiger partial charge in [-0.15, -0.1) is 0 Å². The normalized spacial score (nSPS) is 25.0. The van der Waals surface area contributed by atoms with E-state index in [2.05, 4.69) is 10.5 Å². The molecule has 1 aliphatic heterocycles. The Kier molecular flexibility index (Phi) is 4.70. The molecule has 0 saturated carbocycles. The van der Waals surface area contributed by atoms with E-state index in [-0.39, 0.29) is 23.8 Å². The summed E-state index contributed by atoms with van der Waals surface area (Å²) in [5, 5.41) is 6.96. The van der Waals surface area contributed by atoms with E-state index in [1.807, 2.05) is 13.8 Å². The number of nitrogens with zero attached hydrogens (tertiary/aromatic N) is 2.